The summed E-state index contributed by atoms with van der Waals surface area (Å²) in [5.74, 6) is 1.45. The van der Waals surface area contributed by atoms with Crippen molar-refractivity contribution >= 4 is 5.78 Å². The van der Waals surface area contributed by atoms with Gasteiger partial charge in [0.05, 0.1) is 0 Å². The van der Waals surface area contributed by atoms with Crippen LogP contribution >= 0.6 is 0 Å². The molecule has 0 N–H and O–H groups in total. The second kappa shape index (κ2) is 10.3. The lowest BCUT2D eigenvalue weighted by atomic mass is 9.61. The zero-order chi connectivity index (χ0) is 19.0. The number of carbonyl (C=O) groups is 1. The summed E-state index contributed by atoms with van der Waals surface area (Å²) in [7, 11) is 0. The Morgan fingerprint density at radius 3 is 1.12 bits per heavy atom. The fourth-order valence-electron chi connectivity index (χ4n) is 6.73. The minimum atomic E-state index is 0.395. The molecule has 1 nitrogen and oxygen atoms in total. The largest absolute Gasteiger partial charge is 0.299 e. The molecule has 0 aliphatic heterocycles. The first-order valence-corrected chi connectivity index (χ1v) is 12.1. The first kappa shape index (κ1) is 22.0. The minimum absolute atomic E-state index is 0.395. The van der Waals surface area contributed by atoms with E-state index in [4.69, 9.17) is 0 Å². The fraction of sp³-hybridized carbons (Fsp3) is 0.960. The van der Waals surface area contributed by atoms with Gasteiger partial charge in [-0.15, -0.1) is 0 Å². The zero-order valence-electron chi connectivity index (χ0n) is 18.4. The number of hydrogen-bond donors (Lipinski definition) is 0. The quantitative estimate of drug-likeness (QED) is 0.383. The molecule has 2 aliphatic carbocycles. The van der Waals surface area contributed by atoms with E-state index in [2.05, 4.69) is 27.7 Å². The fourth-order valence-corrected chi connectivity index (χ4v) is 6.73. The van der Waals surface area contributed by atoms with Gasteiger partial charge in [0.1, 0.15) is 5.78 Å². The molecular weight excluding hydrogens is 316 g/mol. The van der Waals surface area contributed by atoms with E-state index in [0.29, 0.717) is 28.4 Å². The molecule has 0 heterocycles. The van der Waals surface area contributed by atoms with Crippen molar-refractivity contribution in [2.45, 2.75) is 130 Å². The van der Waals surface area contributed by atoms with E-state index in [9.17, 15) is 4.79 Å². The van der Waals surface area contributed by atoms with Crippen LogP contribution in [-0.4, -0.2) is 5.78 Å². The Kier molecular flexibility index (Phi) is 8.68. The summed E-state index contributed by atoms with van der Waals surface area (Å²) < 4.78 is 0. The number of ketones is 1. The number of carbonyl (C=O) groups excluding carboxylic acids is 1. The van der Waals surface area contributed by atoms with E-state index in [1.165, 1.54) is 103 Å². The van der Waals surface area contributed by atoms with Crippen molar-refractivity contribution in [3.05, 3.63) is 0 Å². The molecule has 0 amide bonds. The van der Waals surface area contributed by atoms with E-state index >= 15 is 0 Å². The molecule has 0 aromatic rings. The van der Waals surface area contributed by atoms with Gasteiger partial charge in [0, 0.05) is 11.8 Å². The van der Waals surface area contributed by atoms with Gasteiger partial charge in [0.25, 0.3) is 0 Å². The van der Waals surface area contributed by atoms with E-state index in [-0.39, 0.29) is 0 Å². The third-order valence-electron chi connectivity index (χ3n) is 8.02. The van der Waals surface area contributed by atoms with Crippen molar-refractivity contribution in [1.82, 2.24) is 0 Å². The van der Waals surface area contributed by atoms with Crippen LogP contribution in [0.3, 0.4) is 0 Å². The lowest BCUT2D eigenvalue weighted by Gasteiger charge is -2.43. The van der Waals surface area contributed by atoms with Gasteiger partial charge in [0.15, 0.2) is 0 Å². The summed E-state index contributed by atoms with van der Waals surface area (Å²) in [6, 6.07) is 0. The lowest BCUT2D eigenvalue weighted by Crippen LogP contribution is -2.36. The van der Waals surface area contributed by atoms with E-state index in [0.717, 1.165) is 0 Å². The Bertz CT molecular complexity index is 354. The molecule has 0 atom stereocenters. The van der Waals surface area contributed by atoms with Crippen LogP contribution in [0.4, 0.5) is 0 Å². The number of rotatable bonds is 10. The number of hydrogen-bond acceptors (Lipinski definition) is 1. The van der Waals surface area contributed by atoms with Crippen molar-refractivity contribution in [3.63, 3.8) is 0 Å². The Morgan fingerprint density at radius 2 is 0.885 bits per heavy atom. The molecule has 0 radical (unpaired) electrons. The molecule has 2 rings (SSSR count). The second-order valence-electron chi connectivity index (χ2n) is 9.95. The summed E-state index contributed by atoms with van der Waals surface area (Å²) in [5.41, 5.74) is 1.15. The molecule has 26 heavy (non-hydrogen) atoms. The van der Waals surface area contributed by atoms with E-state index < -0.39 is 0 Å². The van der Waals surface area contributed by atoms with Gasteiger partial charge in [0.2, 0.25) is 0 Å². The van der Waals surface area contributed by atoms with Gasteiger partial charge < -0.3 is 0 Å². The van der Waals surface area contributed by atoms with Gasteiger partial charge in [-0.3, -0.25) is 4.79 Å². The third kappa shape index (κ3) is 5.35. The highest BCUT2D eigenvalue weighted by Crippen LogP contribution is 2.49. The molecule has 0 bridgehead atoms. The van der Waals surface area contributed by atoms with Gasteiger partial charge in [-0.2, -0.15) is 0 Å². The molecule has 1 heteroatoms. The van der Waals surface area contributed by atoms with E-state index in [1.54, 1.807) is 0 Å². The van der Waals surface area contributed by atoms with Crippen LogP contribution in [0, 0.1) is 22.7 Å². The molecule has 2 fully saturated rings. The molecule has 0 aromatic heterocycles. The number of Topliss-reactive ketones (excluding diaryl/α,β-unsaturated/α-hetero) is 1. The maximum absolute atomic E-state index is 13.2. The maximum Gasteiger partial charge on any atom is 0.139 e. The summed E-state index contributed by atoms with van der Waals surface area (Å²) >= 11 is 0. The first-order chi connectivity index (χ1) is 12.5. The summed E-state index contributed by atoms with van der Waals surface area (Å²) in [6.07, 6.45) is 20.7. The molecular formula is C25H46O. The molecule has 0 aromatic carbocycles. The second-order valence-corrected chi connectivity index (χ2v) is 9.95. The van der Waals surface area contributed by atoms with Crippen molar-refractivity contribution in [1.29, 1.82) is 0 Å². The highest BCUT2D eigenvalue weighted by atomic mass is 16.1. The van der Waals surface area contributed by atoms with Crippen LogP contribution in [0.2, 0.25) is 0 Å². The van der Waals surface area contributed by atoms with Gasteiger partial charge in [-0.25, -0.2) is 0 Å². The molecule has 0 saturated heterocycles. The highest BCUT2D eigenvalue weighted by molar-refractivity contribution is 5.83. The zero-order valence-corrected chi connectivity index (χ0v) is 18.4. The average Bonchev–Trinajstić information content (AvgIpc) is 2.63. The van der Waals surface area contributed by atoms with E-state index in [1.807, 2.05) is 0 Å². The highest BCUT2D eigenvalue weighted by Gasteiger charge is 2.40. The predicted octanol–water partition coefficient (Wildman–Crippen LogP) is 8.11. The molecule has 0 spiro atoms. The van der Waals surface area contributed by atoms with Crippen LogP contribution in [0.25, 0.3) is 0 Å². The van der Waals surface area contributed by atoms with Gasteiger partial charge in [-0.1, -0.05) is 53.4 Å². The van der Waals surface area contributed by atoms with Crippen molar-refractivity contribution in [3.8, 4) is 0 Å². The standard InChI is InChI=1S/C25H46O/c1-5-13-24(14-6-2)17-9-21(10-18-24)23(26)22-11-19-25(15-7-3,16-8-4)20-12-22/h21-22H,5-20H2,1-4H3. The Morgan fingerprint density at radius 1 is 0.615 bits per heavy atom. The van der Waals surface area contributed by atoms with Crippen molar-refractivity contribution in [2.24, 2.45) is 22.7 Å². The third-order valence-corrected chi connectivity index (χ3v) is 8.02. The minimum Gasteiger partial charge on any atom is -0.299 e. The summed E-state index contributed by atoms with van der Waals surface area (Å²) in [5, 5.41) is 0. The lowest BCUT2D eigenvalue weighted by molar-refractivity contribution is -0.130. The van der Waals surface area contributed by atoms with Crippen LogP contribution in [-0.2, 0) is 4.79 Å². The Hall–Kier alpha value is -0.330. The average molecular weight is 363 g/mol. The SMILES string of the molecule is CCCC1(CCC)CCC(C(=O)C2CCC(CCC)(CCC)CC2)CC1. The van der Waals surface area contributed by atoms with Crippen molar-refractivity contribution < 1.29 is 4.79 Å². The Balaban J connectivity index is 1.87. The van der Waals surface area contributed by atoms with Crippen LogP contribution in [0.5, 0.6) is 0 Å². The molecule has 152 valence electrons. The Labute approximate surface area is 164 Å². The smallest absolute Gasteiger partial charge is 0.139 e. The normalized spacial score (nSPS) is 23.8. The summed E-state index contributed by atoms with van der Waals surface area (Å²) in [4.78, 5) is 13.2. The topological polar surface area (TPSA) is 17.1 Å². The van der Waals surface area contributed by atoms with Crippen LogP contribution in [0.15, 0.2) is 0 Å². The predicted molar refractivity (Wildman–Crippen MR) is 113 cm³/mol. The van der Waals surface area contributed by atoms with Crippen LogP contribution < -0.4 is 0 Å². The van der Waals surface area contributed by atoms with Crippen LogP contribution in [0.1, 0.15) is 130 Å². The first-order valence-electron chi connectivity index (χ1n) is 12.1. The van der Waals surface area contributed by atoms with Gasteiger partial charge >= 0.3 is 0 Å². The molecule has 0 unspecified atom stereocenters. The monoisotopic (exact) mass is 362 g/mol. The maximum atomic E-state index is 13.2. The van der Waals surface area contributed by atoms with Crippen molar-refractivity contribution in [2.75, 3.05) is 0 Å². The summed E-state index contributed by atoms with van der Waals surface area (Å²) in [6.45, 7) is 9.32. The molecule has 2 saturated carbocycles. The molecule has 2 aliphatic rings. The van der Waals surface area contributed by atoms with Gasteiger partial charge in [-0.05, 0) is 87.9 Å².